The molecule has 20 heavy (non-hydrogen) atoms. The number of nitrogens with zero attached hydrogens (tertiary/aromatic N) is 2. The number of piperidine rings is 1. The van der Waals surface area contributed by atoms with Gasteiger partial charge in [0.1, 0.15) is 0 Å². The number of aliphatic hydroxyl groups excluding tert-OH is 1. The highest BCUT2D eigenvalue weighted by molar-refractivity contribution is 5.95. The smallest absolute Gasteiger partial charge is 0.255 e. The van der Waals surface area contributed by atoms with Gasteiger partial charge in [0.05, 0.1) is 11.7 Å². The molecule has 1 aliphatic heterocycles. The number of aliphatic hydroxyl groups is 1. The van der Waals surface area contributed by atoms with E-state index < -0.39 is 0 Å². The normalized spacial score (nSPS) is 18.4. The highest BCUT2D eigenvalue weighted by atomic mass is 16.3. The molecule has 0 bridgehead atoms. The summed E-state index contributed by atoms with van der Waals surface area (Å²) in [4.78, 5) is 14.6. The van der Waals surface area contributed by atoms with Gasteiger partial charge in [0, 0.05) is 31.0 Å². The van der Waals surface area contributed by atoms with Crippen molar-refractivity contribution in [1.82, 2.24) is 9.47 Å². The second kappa shape index (κ2) is 6.00. The minimum Gasteiger partial charge on any atom is -0.393 e. The standard InChI is InChI=1S/C16H26N2O2/c1-5-18-11(2)10-15(12(18)3)16(20)17-8-6-14(7-9-17)13(4)19/h10,13-14,19H,5-9H2,1-4H3. The van der Waals surface area contributed by atoms with Crippen molar-refractivity contribution in [1.29, 1.82) is 0 Å². The Hall–Kier alpha value is -1.29. The van der Waals surface area contributed by atoms with Crippen LogP contribution < -0.4 is 0 Å². The summed E-state index contributed by atoms with van der Waals surface area (Å²) in [5.74, 6) is 0.476. The van der Waals surface area contributed by atoms with Gasteiger partial charge in [-0.05, 0) is 52.5 Å². The minimum absolute atomic E-state index is 0.141. The number of hydrogen-bond acceptors (Lipinski definition) is 2. The average Bonchev–Trinajstić information content (AvgIpc) is 2.72. The van der Waals surface area contributed by atoms with Crippen LogP contribution in [-0.4, -0.2) is 39.7 Å². The molecule has 0 saturated carbocycles. The molecule has 2 rings (SSSR count). The van der Waals surface area contributed by atoms with E-state index in [1.165, 1.54) is 0 Å². The van der Waals surface area contributed by atoms with Crippen molar-refractivity contribution in [2.45, 2.75) is 53.2 Å². The SMILES string of the molecule is CCn1c(C)cc(C(=O)N2CCC(C(C)O)CC2)c1C. The van der Waals surface area contributed by atoms with Gasteiger partial charge in [0.25, 0.3) is 5.91 Å². The van der Waals surface area contributed by atoms with E-state index in [-0.39, 0.29) is 12.0 Å². The maximum Gasteiger partial charge on any atom is 0.255 e. The molecule has 1 unspecified atom stereocenters. The Morgan fingerprint density at radius 3 is 2.45 bits per heavy atom. The van der Waals surface area contributed by atoms with Crippen LogP contribution in [0.3, 0.4) is 0 Å². The zero-order chi connectivity index (χ0) is 14.9. The summed E-state index contributed by atoms with van der Waals surface area (Å²) in [6.07, 6.45) is 1.53. The van der Waals surface area contributed by atoms with E-state index in [1.807, 2.05) is 31.7 Å². The van der Waals surface area contributed by atoms with E-state index in [9.17, 15) is 9.90 Å². The molecule has 2 heterocycles. The van der Waals surface area contributed by atoms with E-state index in [4.69, 9.17) is 0 Å². The van der Waals surface area contributed by atoms with Crippen LogP contribution in [0.15, 0.2) is 6.07 Å². The molecule has 1 aromatic rings. The van der Waals surface area contributed by atoms with Crippen molar-refractivity contribution >= 4 is 5.91 Å². The number of likely N-dealkylation sites (tertiary alicyclic amines) is 1. The summed E-state index contributed by atoms with van der Waals surface area (Å²) >= 11 is 0. The van der Waals surface area contributed by atoms with Crippen molar-refractivity contribution in [3.05, 3.63) is 23.0 Å². The summed E-state index contributed by atoms with van der Waals surface area (Å²) in [6, 6.07) is 2.00. The average molecular weight is 278 g/mol. The first kappa shape index (κ1) is 15.1. The number of aromatic nitrogens is 1. The molecular formula is C16H26N2O2. The van der Waals surface area contributed by atoms with Crippen molar-refractivity contribution < 1.29 is 9.90 Å². The number of carbonyl (C=O) groups excluding carboxylic acids is 1. The van der Waals surface area contributed by atoms with Crippen LogP contribution in [0.5, 0.6) is 0 Å². The molecule has 1 aromatic heterocycles. The van der Waals surface area contributed by atoms with E-state index >= 15 is 0 Å². The third-order valence-corrected chi connectivity index (χ3v) is 4.63. The fraction of sp³-hybridized carbons (Fsp3) is 0.688. The zero-order valence-electron chi connectivity index (χ0n) is 13.0. The summed E-state index contributed by atoms with van der Waals surface area (Å²) in [5, 5.41) is 9.63. The second-order valence-electron chi connectivity index (χ2n) is 5.90. The topological polar surface area (TPSA) is 45.5 Å². The van der Waals surface area contributed by atoms with Crippen molar-refractivity contribution in [2.75, 3.05) is 13.1 Å². The Morgan fingerprint density at radius 1 is 1.40 bits per heavy atom. The van der Waals surface area contributed by atoms with Crippen LogP contribution in [0.1, 0.15) is 48.4 Å². The van der Waals surface area contributed by atoms with Crippen LogP contribution in [0, 0.1) is 19.8 Å². The molecule has 1 N–H and O–H groups in total. The first-order valence-electron chi connectivity index (χ1n) is 7.59. The van der Waals surface area contributed by atoms with Crippen LogP contribution in [0.4, 0.5) is 0 Å². The van der Waals surface area contributed by atoms with Gasteiger partial charge in [-0.15, -0.1) is 0 Å². The maximum atomic E-state index is 12.6. The van der Waals surface area contributed by atoms with Gasteiger partial charge in [-0.25, -0.2) is 0 Å². The lowest BCUT2D eigenvalue weighted by Gasteiger charge is -2.33. The van der Waals surface area contributed by atoms with Gasteiger partial charge in [0.15, 0.2) is 0 Å². The molecule has 0 aromatic carbocycles. The third-order valence-electron chi connectivity index (χ3n) is 4.63. The van der Waals surface area contributed by atoms with E-state index in [2.05, 4.69) is 11.5 Å². The zero-order valence-corrected chi connectivity index (χ0v) is 13.0. The number of rotatable bonds is 3. The molecule has 112 valence electrons. The fourth-order valence-corrected chi connectivity index (χ4v) is 3.26. The van der Waals surface area contributed by atoms with Gasteiger partial charge in [0.2, 0.25) is 0 Å². The molecular weight excluding hydrogens is 252 g/mol. The van der Waals surface area contributed by atoms with E-state index in [0.717, 1.165) is 49.4 Å². The van der Waals surface area contributed by atoms with Crippen LogP contribution in [-0.2, 0) is 6.54 Å². The van der Waals surface area contributed by atoms with Gasteiger partial charge in [-0.2, -0.15) is 0 Å². The Balaban J connectivity index is 2.10. The molecule has 4 nitrogen and oxygen atoms in total. The molecule has 1 fully saturated rings. The van der Waals surface area contributed by atoms with Gasteiger partial charge in [-0.3, -0.25) is 4.79 Å². The number of hydrogen-bond donors (Lipinski definition) is 1. The largest absolute Gasteiger partial charge is 0.393 e. The molecule has 1 saturated heterocycles. The molecule has 1 atom stereocenters. The van der Waals surface area contributed by atoms with Crippen molar-refractivity contribution in [3.63, 3.8) is 0 Å². The first-order chi connectivity index (χ1) is 9.45. The lowest BCUT2D eigenvalue weighted by molar-refractivity contribution is 0.0521. The number of carbonyl (C=O) groups is 1. The molecule has 0 aliphatic carbocycles. The van der Waals surface area contributed by atoms with Crippen molar-refractivity contribution in [3.8, 4) is 0 Å². The predicted molar refractivity (Wildman–Crippen MR) is 79.9 cm³/mol. The number of aryl methyl sites for hydroxylation is 1. The quantitative estimate of drug-likeness (QED) is 0.922. The summed E-state index contributed by atoms with van der Waals surface area (Å²) in [5.41, 5.74) is 3.04. The van der Waals surface area contributed by atoms with E-state index in [0.29, 0.717) is 5.92 Å². The maximum absolute atomic E-state index is 12.6. The monoisotopic (exact) mass is 278 g/mol. The highest BCUT2D eigenvalue weighted by Crippen LogP contribution is 2.23. The Labute approximate surface area is 121 Å². The molecule has 1 aliphatic rings. The van der Waals surface area contributed by atoms with Gasteiger partial charge in [-0.1, -0.05) is 0 Å². The van der Waals surface area contributed by atoms with Gasteiger partial charge < -0.3 is 14.6 Å². The highest BCUT2D eigenvalue weighted by Gasteiger charge is 2.27. The predicted octanol–water partition coefficient (Wildman–Crippen LogP) is 2.36. The molecule has 0 radical (unpaired) electrons. The minimum atomic E-state index is -0.266. The van der Waals surface area contributed by atoms with Crippen LogP contribution in [0.2, 0.25) is 0 Å². The second-order valence-corrected chi connectivity index (χ2v) is 5.90. The molecule has 0 spiro atoms. The molecule has 1 amide bonds. The Bertz CT molecular complexity index is 483. The van der Waals surface area contributed by atoms with E-state index in [1.54, 1.807) is 0 Å². The molecule has 4 heteroatoms. The lowest BCUT2D eigenvalue weighted by Crippen LogP contribution is -2.40. The Kier molecular flexibility index (Phi) is 4.53. The fourth-order valence-electron chi connectivity index (χ4n) is 3.26. The lowest BCUT2D eigenvalue weighted by atomic mass is 9.92. The van der Waals surface area contributed by atoms with Crippen LogP contribution in [0.25, 0.3) is 0 Å². The van der Waals surface area contributed by atoms with Crippen molar-refractivity contribution in [2.24, 2.45) is 5.92 Å². The Morgan fingerprint density at radius 2 is 2.00 bits per heavy atom. The van der Waals surface area contributed by atoms with Crippen LogP contribution >= 0.6 is 0 Å². The summed E-state index contributed by atoms with van der Waals surface area (Å²) < 4.78 is 2.18. The first-order valence-corrected chi connectivity index (χ1v) is 7.59. The van der Waals surface area contributed by atoms with Gasteiger partial charge >= 0.3 is 0 Å². The number of amides is 1. The third kappa shape index (κ3) is 2.75. The summed E-state index contributed by atoms with van der Waals surface area (Å²) in [6.45, 7) is 10.4. The summed E-state index contributed by atoms with van der Waals surface area (Å²) in [7, 11) is 0.